The highest BCUT2D eigenvalue weighted by Crippen LogP contribution is 2.31. The van der Waals surface area contributed by atoms with Gasteiger partial charge in [-0.1, -0.05) is 24.6 Å². The van der Waals surface area contributed by atoms with Crippen LogP contribution in [-0.2, 0) is 11.1 Å². The van der Waals surface area contributed by atoms with Crippen LogP contribution in [0.3, 0.4) is 0 Å². The minimum atomic E-state index is -2.33. The molecule has 8 heteroatoms. The van der Waals surface area contributed by atoms with E-state index >= 15 is 0 Å². The number of piperazine rings is 1. The second kappa shape index (κ2) is 8.61. The Morgan fingerprint density at radius 2 is 1.74 bits per heavy atom. The Labute approximate surface area is 185 Å². The van der Waals surface area contributed by atoms with E-state index in [9.17, 15) is 13.9 Å². The summed E-state index contributed by atoms with van der Waals surface area (Å²) >= 11 is -2.33. The normalized spacial score (nSPS) is 23.2. The Kier molecular flexibility index (Phi) is 5.69. The molecule has 7 nitrogen and oxygen atoms in total. The molecular weight excluding hydrogens is 412 g/mol. The minimum absolute atomic E-state index is 0.176. The van der Waals surface area contributed by atoms with E-state index in [4.69, 9.17) is 4.99 Å². The number of hydrogen-bond donors (Lipinski definition) is 2. The zero-order chi connectivity index (χ0) is 21.4. The van der Waals surface area contributed by atoms with Crippen LogP contribution in [-0.4, -0.2) is 68.4 Å². The molecule has 2 fully saturated rings. The van der Waals surface area contributed by atoms with E-state index in [0.717, 1.165) is 54.9 Å². The summed E-state index contributed by atoms with van der Waals surface area (Å²) in [4.78, 5) is 9.89. The van der Waals surface area contributed by atoms with Crippen LogP contribution in [0.25, 0.3) is 11.1 Å². The summed E-state index contributed by atoms with van der Waals surface area (Å²) in [5.41, 5.74) is 2.56. The number of nitrogens with zero attached hydrogens (tertiary/aromatic N) is 3. The van der Waals surface area contributed by atoms with E-state index in [0.29, 0.717) is 11.4 Å². The lowest BCUT2D eigenvalue weighted by Gasteiger charge is -2.43. The molecule has 2 heterocycles. The van der Waals surface area contributed by atoms with Gasteiger partial charge in [0.05, 0.1) is 12.6 Å². The number of nitrogens with one attached hydrogen (secondary N) is 1. The lowest BCUT2D eigenvalue weighted by atomic mass is 9.91. The van der Waals surface area contributed by atoms with E-state index in [1.54, 1.807) is 24.3 Å². The van der Waals surface area contributed by atoms with Crippen molar-refractivity contribution in [2.24, 2.45) is 4.99 Å². The van der Waals surface area contributed by atoms with Crippen molar-refractivity contribution in [3.05, 3.63) is 48.0 Å². The molecular formula is C23H27N4O3S-. The van der Waals surface area contributed by atoms with Gasteiger partial charge in [-0.3, -0.25) is 14.1 Å². The van der Waals surface area contributed by atoms with Gasteiger partial charge in [0, 0.05) is 37.1 Å². The molecule has 3 aliphatic rings. The highest BCUT2D eigenvalue weighted by Gasteiger charge is 2.31. The molecule has 164 valence electrons. The topological polar surface area (TPSA) is 91.2 Å². The van der Waals surface area contributed by atoms with Gasteiger partial charge >= 0.3 is 0 Å². The molecule has 1 aliphatic carbocycles. The number of guanidine groups is 1. The molecule has 2 aromatic rings. The zero-order valence-corrected chi connectivity index (χ0v) is 18.2. The van der Waals surface area contributed by atoms with Gasteiger partial charge in [0.15, 0.2) is 5.96 Å². The first-order chi connectivity index (χ1) is 15.1. The standard InChI is InChI=1S/C23H28N4O3S/c28-19-7-4-16(5-8-19)17-6-9-22(31(29)30)20(14-17)21-15-24-23(25-21)27-12-10-26(11-13-27)18-2-1-3-18/h4-9,14,18,21,28H,1-3,10-13,15H2,(H,24,25)(H,29,30)/p-1. The second-order valence-electron chi connectivity index (χ2n) is 8.50. The summed E-state index contributed by atoms with van der Waals surface area (Å²) in [7, 11) is 0. The average Bonchev–Trinajstić information content (AvgIpc) is 3.23. The fourth-order valence-corrected chi connectivity index (χ4v) is 5.22. The third-order valence-corrected chi connectivity index (χ3v) is 7.43. The molecule has 2 aromatic carbocycles. The maximum atomic E-state index is 11.9. The van der Waals surface area contributed by atoms with Gasteiger partial charge in [-0.15, -0.1) is 0 Å². The highest BCUT2D eigenvalue weighted by atomic mass is 32.2. The first-order valence-electron chi connectivity index (χ1n) is 10.9. The maximum absolute atomic E-state index is 11.9. The molecule has 31 heavy (non-hydrogen) atoms. The van der Waals surface area contributed by atoms with Crippen LogP contribution < -0.4 is 5.32 Å². The highest BCUT2D eigenvalue weighted by molar-refractivity contribution is 7.79. The van der Waals surface area contributed by atoms with E-state index in [1.807, 2.05) is 18.2 Å². The maximum Gasteiger partial charge on any atom is 0.194 e. The van der Waals surface area contributed by atoms with Crippen molar-refractivity contribution in [3.8, 4) is 16.9 Å². The van der Waals surface area contributed by atoms with Gasteiger partial charge in [-0.2, -0.15) is 0 Å². The smallest absolute Gasteiger partial charge is 0.194 e. The van der Waals surface area contributed by atoms with Crippen LogP contribution in [0, 0.1) is 0 Å². The molecule has 5 rings (SSSR count). The van der Waals surface area contributed by atoms with Crippen LogP contribution in [0.4, 0.5) is 0 Å². The van der Waals surface area contributed by atoms with Gasteiger partial charge < -0.3 is 19.9 Å². The lowest BCUT2D eigenvalue weighted by Crippen LogP contribution is -2.55. The van der Waals surface area contributed by atoms with E-state index < -0.39 is 11.1 Å². The van der Waals surface area contributed by atoms with E-state index in [-0.39, 0.29) is 11.8 Å². The van der Waals surface area contributed by atoms with Crippen molar-refractivity contribution in [1.29, 1.82) is 0 Å². The van der Waals surface area contributed by atoms with E-state index in [1.165, 1.54) is 19.3 Å². The summed E-state index contributed by atoms with van der Waals surface area (Å²) in [6.07, 6.45) is 4.01. The molecule has 0 aromatic heterocycles. The molecule has 2 unspecified atom stereocenters. The van der Waals surface area contributed by atoms with Crippen molar-refractivity contribution >= 4 is 17.0 Å². The first kappa shape index (κ1) is 20.5. The quantitative estimate of drug-likeness (QED) is 0.712. The van der Waals surface area contributed by atoms with Crippen LogP contribution >= 0.6 is 0 Å². The van der Waals surface area contributed by atoms with Gasteiger partial charge in [0.2, 0.25) is 0 Å². The first-order valence-corrected chi connectivity index (χ1v) is 12.0. The summed E-state index contributed by atoms with van der Waals surface area (Å²) in [6.45, 7) is 4.53. The Morgan fingerprint density at radius 1 is 1.03 bits per heavy atom. The number of aromatic hydroxyl groups is 1. The van der Waals surface area contributed by atoms with Gasteiger partial charge in [-0.05, 0) is 64.9 Å². The Morgan fingerprint density at radius 3 is 2.39 bits per heavy atom. The average molecular weight is 440 g/mol. The van der Waals surface area contributed by atoms with Gasteiger partial charge in [-0.25, -0.2) is 0 Å². The second-order valence-corrected chi connectivity index (χ2v) is 9.41. The molecule has 1 saturated heterocycles. The third-order valence-electron chi connectivity index (χ3n) is 6.70. The summed E-state index contributed by atoms with van der Waals surface area (Å²) in [6, 6.07) is 12.9. The van der Waals surface area contributed by atoms with Crippen LogP contribution in [0.2, 0.25) is 0 Å². The molecule has 0 amide bonds. The Hall–Kier alpha value is -2.42. The number of hydrogen-bond acceptors (Lipinski definition) is 7. The Balaban J connectivity index is 1.31. The Bertz CT molecular complexity index is 998. The number of phenolic OH excluding ortho intramolecular Hbond substituents is 1. The lowest BCUT2D eigenvalue weighted by molar-refractivity contribution is 0.0845. The van der Waals surface area contributed by atoms with Crippen molar-refractivity contribution in [3.63, 3.8) is 0 Å². The molecule has 1 saturated carbocycles. The van der Waals surface area contributed by atoms with Gasteiger partial charge in [0.1, 0.15) is 5.75 Å². The summed E-state index contributed by atoms with van der Waals surface area (Å²) < 4.78 is 23.7. The monoisotopic (exact) mass is 439 g/mol. The largest absolute Gasteiger partial charge is 0.768 e. The van der Waals surface area contributed by atoms with Crippen LogP contribution in [0.5, 0.6) is 5.75 Å². The van der Waals surface area contributed by atoms with Crippen molar-refractivity contribution < 1.29 is 13.9 Å². The fraction of sp³-hybridized carbons (Fsp3) is 0.435. The number of benzene rings is 2. The summed E-state index contributed by atoms with van der Waals surface area (Å²) in [5, 5.41) is 13.0. The number of rotatable bonds is 4. The number of phenols is 1. The third kappa shape index (κ3) is 4.20. The summed E-state index contributed by atoms with van der Waals surface area (Å²) in [5.74, 6) is 1.07. The molecule has 2 aliphatic heterocycles. The van der Waals surface area contributed by atoms with Crippen LogP contribution in [0.15, 0.2) is 52.4 Å². The van der Waals surface area contributed by atoms with Crippen molar-refractivity contribution in [1.82, 2.24) is 15.1 Å². The molecule has 0 bridgehead atoms. The molecule has 0 spiro atoms. The predicted octanol–water partition coefficient (Wildman–Crippen LogP) is 2.47. The van der Waals surface area contributed by atoms with Crippen molar-refractivity contribution in [2.75, 3.05) is 32.7 Å². The molecule has 2 N–H and O–H groups in total. The zero-order valence-electron chi connectivity index (χ0n) is 17.4. The fourth-order valence-electron chi connectivity index (χ4n) is 4.65. The van der Waals surface area contributed by atoms with Crippen LogP contribution in [0.1, 0.15) is 30.9 Å². The SMILES string of the molecule is O=S([O-])c1ccc(-c2ccc(O)cc2)cc1C1CN=C(N2CCN(C3CCC3)CC2)N1. The minimum Gasteiger partial charge on any atom is -0.768 e. The number of aliphatic imine (C=N–C) groups is 1. The van der Waals surface area contributed by atoms with Gasteiger partial charge in [0.25, 0.3) is 0 Å². The molecule has 2 atom stereocenters. The van der Waals surface area contributed by atoms with E-state index in [2.05, 4.69) is 15.1 Å². The molecule has 0 radical (unpaired) electrons. The van der Waals surface area contributed by atoms with Crippen molar-refractivity contribution in [2.45, 2.75) is 36.2 Å². The predicted molar refractivity (Wildman–Crippen MR) is 120 cm³/mol.